The molecule has 0 spiro atoms. The van der Waals surface area contributed by atoms with E-state index in [9.17, 15) is 5.11 Å². The van der Waals surface area contributed by atoms with Crippen molar-refractivity contribution >= 4 is 22.4 Å². The Morgan fingerprint density at radius 1 is 1.00 bits per heavy atom. The number of hydrogen-bond donors (Lipinski definition) is 2. The lowest BCUT2D eigenvalue weighted by molar-refractivity contribution is 0.0193. The maximum atomic E-state index is 11.4. The van der Waals surface area contributed by atoms with Crippen molar-refractivity contribution in [1.29, 1.82) is 0 Å². The highest BCUT2D eigenvalue weighted by Gasteiger charge is 2.32. The highest BCUT2D eigenvalue weighted by Crippen LogP contribution is 2.36. The van der Waals surface area contributed by atoms with Crippen LogP contribution in [0.5, 0.6) is 11.5 Å². The Balaban J connectivity index is 1.60. The van der Waals surface area contributed by atoms with Gasteiger partial charge in [0.15, 0.2) is 0 Å². The fraction of sp³-hybridized carbons (Fsp3) is 0.346. The normalized spacial score (nSPS) is 15.2. The summed E-state index contributed by atoms with van der Waals surface area (Å²) in [6.07, 6.45) is 6.80. The molecular formula is C26H30N6O3. The molecule has 2 aromatic heterocycles. The summed E-state index contributed by atoms with van der Waals surface area (Å²) in [5.41, 5.74) is 4.16. The summed E-state index contributed by atoms with van der Waals surface area (Å²) in [7, 11) is 5.14. The van der Waals surface area contributed by atoms with E-state index in [0.717, 1.165) is 46.8 Å². The van der Waals surface area contributed by atoms with Gasteiger partial charge in [0.05, 0.1) is 55.5 Å². The van der Waals surface area contributed by atoms with Gasteiger partial charge in [-0.05, 0) is 44.1 Å². The third-order valence-electron chi connectivity index (χ3n) is 6.47. The number of anilines is 2. The molecule has 0 radical (unpaired) electrons. The Labute approximate surface area is 204 Å². The van der Waals surface area contributed by atoms with Gasteiger partial charge >= 0.3 is 0 Å². The van der Waals surface area contributed by atoms with E-state index in [1.807, 2.05) is 49.6 Å². The van der Waals surface area contributed by atoms with Crippen LogP contribution < -0.4 is 19.7 Å². The maximum Gasteiger partial charge on any atom is 0.124 e. The van der Waals surface area contributed by atoms with Gasteiger partial charge in [-0.15, -0.1) is 0 Å². The van der Waals surface area contributed by atoms with E-state index in [0.29, 0.717) is 30.9 Å². The van der Waals surface area contributed by atoms with Crippen molar-refractivity contribution in [2.45, 2.75) is 18.4 Å². The lowest BCUT2D eigenvalue weighted by atomic mass is 9.91. The molecule has 0 bridgehead atoms. The molecule has 0 saturated carbocycles. The monoisotopic (exact) mass is 474 g/mol. The average Bonchev–Trinajstić information content (AvgIpc) is 3.33. The van der Waals surface area contributed by atoms with Crippen LogP contribution >= 0.6 is 0 Å². The van der Waals surface area contributed by atoms with Crippen LogP contribution in [0.15, 0.2) is 55.0 Å². The highest BCUT2D eigenvalue weighted by molar-refractivity contribution is 5.82. The van der Waals surface area contributed by atoms with Gasteiger partial charge in [0, 0.05) is 48.4 Å². The molecule has 1 aliphatic heterocycles. The number of rotatable bonds is 7. The van der Waals surface area contributed by atoms with Crippen LogP contribution in [0.1, 0.15) is 12.8 Å². The van der Waals surface area contributed by atoms with Crippen LogP contribution in [-0.4, -0.2) is 64.3 Å². The molecule has 4 aromatic rings. The predicted octanol–water partition coefficient (Wildman–Crippen LogP) is 3.30. The number of benzene rings is 2. The van der Waals surface area contributed by atoms with Gasteiger partial charge in [0.25, 0.3) is 0 Å². The van der Waals surface area contributed by atoms with E-state index in [1.54, 1.807) is 31.3 Å². The fourth-order valence-electron chi connectivity index (χ4n) is 4.48. The molecule has 1 aliphatic rings. The minimum Gasteiger partial charge on any atom is -0.497 e. The van der Waals surface area contributed by atoms with Crippen molar-refractivity contribution in [3.05, 3.63) is 55.0 Å². The number of piperidine rings is 1. The largest absolute Gasteiger partial charge is 0.497 e. The second-order valence-electron chi connectivity index (χ2n) is 8.96. The van der Waals surface area contributed by atoms with Gasteiger partial charge in [0.2, 0.25) is 0 Å². The molecule has 2 aromatic carbocycles. The van der Waals surface area contributed by atoms with Gasteiger partial charge in [-0.25, -0.2) is 4.98 Å². The van der Waals surface area contributed by atoms with Crippen molar-refractivity contribution in [2.75, 3.05) is 38.8 Å². The number of nitrogens with zero attached hydrogens (tertiary/aromatic N) is 5. The summed E-state index contributed by atoms with van der Waals surface area (Å²) in [5, 5.41) is 19.0. The van der Waals surface area contributed by atoms with Crippen LogP contribution in [0.25, 0.3) is 22.3 Å². The molecule has 1 saturated heterocycles. The molecule has 5 rings (SSSR count). The van der Waals surface area contributed by atoms with E-state index in [-0.39, 0.29) is 0 Å². The molecule has 0 unspecified atom stereocenters. The van der Waals surface area contributed by atoms with Gasteiger partial charge in [-0.2, -0.15) is 5.10 Å². The number of aryl methyl sites for hydroxylation is 1. The predicted molar refractivity (Wildman–Crippen MR) is 135 cm³/mol. The first kappa shape index (κ1) is 23.1. The molecule has 9 nitrogen and oxygen atoms in total. The Kier molecular flexibility index (Phi) is 6.27. The van der Waals surface area contributed by atoms with Crippen molar-refractivity contribution in [3.63, 3.8) is 0 Å². The number of aliphatic hydroxyl groups is 1. The van der Waals surface area contributed by atoms with Crippen LogP contribution in [0, 0.1) is 0 Å². The van der Waals surface area contributed by atoms with E-state index < -0.39 is 5.60 Å². The zero-order valence-corrected chi connectivity index (χ0v) is 20.2. The maximum absolute atomic E-state index is 11.4. The number of nitrogens with one attached hydrogen (secondary N) is 1. The zero-order valence-electron chi connectivity index (χ0n) is 20.2. The summed E-state index contributed by atoms with van der Waals surface area (Å²) in [6, 6.07) is 11.7. The van der Waals surface area contributed by atoms with E-state index in [2.05, 4.69) is 20.3 Å². The zero-order chi connectivity index (χ0) is 24.4. The van der Waals surface area contributed by atoms with Gasteiger partial charge < -0.3 is 24.8 Å². The molecule has 9 heteroatoms. The first-order chi connectivity index (χ1) is 17.0. The Bertz CT molecular complexity index is 1310. The third kappa shape index (κ3) is 4.91. The molecule has 35 heavy (non-hydrogen) atoms. The molecule has 182 valence electrons. The number of aromatic nitrogens is 4. The summed E-state index contributed by atoms with van der Waals surface area (Å²) in [4.78, 5) is 11.6. The highest BCUT2D eigenvalue weighted by atomic mass is 16.5. The molecule has 0 aliphatic carbocycles. The molecular weight excluding hydrogens is 444 g/mol. The summed E-state index contributed by atoms with van der Waals surface area (Å²) in [6.45, 7) is 1.99. The van der Waals surface area contributed by atoms with Gasteiger partial charge in [-0.3, -0.25) is 9.67 Å². The van der Waals surface area contributed by atoms with Crippen LogP contribution in [-0.2, 0) is 7.05 Å². The van der Waals surface area contributed by atoms with Crippen molar-refractivity contribution in [1.82, 2.24) is 25.1 Å². The Hall–Kier alpha value is -3.69. The third-order valence-corrected chi connectivity index (χ3v) is 6.47. The van der Waals surface area contributed by atoms with Crippen molar-refractivity contribution in [3.8, 4) is 22.8 Å². The molecule has 3 heterocycles. The molecule has 1 fully saturated rings. The SMILES string of the molecule is COc1cc(OC)cc(N(CC2(O)CCNCC2)c2ccc3ncc(-c4cnn(C)c4)nc3c2)c1. The molecule has 2 N–H and O–H groups in total. The minimum absolute atomic E-state index is 0.423. The Morgan fingerprint density at radius 3 is 2.40 bits per heavy atom. The first-order valence-electron chi connectivity index (χ1n) is 11.7. The summed E-state index contributed by atoms with van der Waals surface area (Å²) >= 11 is 0. The minimum atomic E-state index is -0.834. The van der Waals surface area contributed by atoms with E-state index in [1.165, 1.54) is 0 Å². The van der Waals surface area contributed by atoms with Gasteiger partial charge in [0.1, 0.15) is 11.5 Å². The van der Waals surface area contributed by atoms with Crippen molar-refractivity contribution < 1.29 is 14.6 Å². The van der Waals surface area contributed by atoms with Gasteiger partial charge in [-0.1, -0.05) is 0 Å². The van der Waals surface area contributed by atoms with E-state index in [4.69, 9.17) is 14.5 Å². The summed E-state index contributed by atoms with van der Waals surface area (Å²) in [5.74, 6) is 1.36. The van der Waals surface area contributed by atoms with E-state index >= 15 is 0 Å². The molecule has 0 atom stereocenters. The topological polar surface area (TPSA) is 97.6 Å². The fourth-order valence-corrected chi connectivity index (χ4v) is 4.48. The second-order valence-corrected chi connectivity index (χ2v) is 8.96. The Morgan fingerprint density at radius 2 is 1.74 bits per heavy atom. The second kappa shape index (κ2) is 9.52. The quantitative estimate of drug-likeness (QED) is 0.421. The molecule has 0 amide bonds. The lowest BCUT2D eigenvalue weighted by Crippen LogP contribution is -2.48. The smallest absolute Gasteiger partial charge is 0.124 e. The number of methoxy groups -OCH3 is 2. The van der Waals surface area contributed by atoms with Crippen LogP contribution in [0.2, 0.25) is 0 Å². The lowest BCUT2D eigenvalue weighted by Gasteiger charge is -2.38. The summed E-state index contributed by atoms with van der Waals surface area (Å²) < 4.78 is 12.8. The number of ether oxygens (including phenoxy) is 2. The van der Waals surface area contributed by atoms with Crippen molar-refractivity contribution in [2.24, 2.45) is 7.05 Å². The van der Waals surface area contributed by atoms with Crippen LogP contribution in [0.4, 0.5) is 11.4 Å². The number of fused-ring (bicyclic) bond motifs is 1. The van der Waals surface area contributed by atoms with Crippen LogP contribution in [0.3, 0.4) is 0 Å². The standard InChI is InChI=1S/C26H30N6O3/c1-31-16-18(14-29-31)25-15-28-23-5-4-19(12-24(23)30-25)32(17-26(33)6-8-27-9-7-26)20-10-21(34-2)13-22(11-20)35-3/h4-5,10-16,27,33H,6-9,17H2,1-3H3. The number of hydrogen-bond acceptors (Lipinski definition) is 8. The first-order valence-corrected chi connectivity index (χ1v) is 11.7. The average molecular weight is 475 g/mol.